The molecule has 0 saturated carbocycles. The van der Waals surface area contributed by atoms with Gasteiger partial charge < -0.3 is 56.2 Å². The number of ketones is 1. The summed E-state index contributed by atoms with van der Waals surface area (Å²) in [5, 5.41) is 95.2. The van der Waals surface area contributed by atoms with Crippen molar-refractivity contribution in [2.75, 3.05) is 26.4 Å². The first-order valence-electron chi connectivity index (χ1n) is 6.81. The Labute approximate surface area is 137 Å². The highest BCUT2D eigenvalue weighted by Gasteiger charge is 2.29. The average molecular weight is 362 g/mol. The molecule has 11 N–H and O–H groups in total. The van der Waals surface area contributed by atoms with E-state index >= 15 is 0 Å². The molecule has 0 aliphatic heterocycles. The van der Waals surface area contributed by atoms with E-state index in [0.29, 0.717) is 0 Å². The van der Waals surface area contributed by atoms with E-state index in [1.54, 1.807) is 0 Å². The van der Waals surface area contributed by atoms with Gasteiger partial charge >= 0.3 is 0 Å². The molecule has 0 aliphatic carbocycles. The molecule has 0 fully saturated rings. The van der Waals surface area contributed by atoms with Crippen molar-refractivity contribution in [1.29, 1.82) is 0 Å². The van der Waals surface area contributed by atoms with Crippen molar-refractivity contribution in [1.82, 2.24) is 0 Å². The first kappa shape index (κ1) is 25.5. The van der Waals surface area contributed by atoms with Gasteiger partial charge in [-0.15, -0.1) is 0 Å². The van der Waals surface area contributed by atoms with E-state index in [0.717, 1.165) is 0 Å². The maximum atomic E-state index is 10.5. The van der Waals surface area contributed by atoms with Crippen LogP contribution in [0.15, 0.2) is 0 Å². The van der Waals surface area contributed by atoms with Gasteiger partial charge in [0.05, 0.1) is 19.8 Å². The van der Waals surface area contributed by atoms with E-state index < -0.39 is 74.9 Å². The van der Waals surface area contributed by atoms with Crippen molar-refractivity contribution in [3.05, 3.63) is 0 Å². The smallest absolute Gasteiger partial charge is 0.189 e. The van der Waals surface area contributed by atoms with Gasteiger partial charge in [0, 0.05) is 0 Å². The Kier molecular flexibility index (Phi) is 14.3. The van der Waals surface area contributed by atoms with Crippen LogP contribution >= 0.6 is 0 Å². The number of carbonyl (C=O) groups is 1. The zero-order valence-electron chi connectivity index (χ0n) is 12.7. The van der Waals surface area contributed by atoms with Crippen LogP contribution in [0.4, 0.5) is 0 Å². The third-order valence-corrected chi connectivity index (χ3v) is 2.90. The Balaban J connectivity index is 0. The zero-order chi connectivity index (χ0) is 19.4. The molecule has 0 aliphatic rings. The van der Waals surface area contributed by atoms with Crippen LogP contribution in [0.25, 0.3) is 0 Å². The molecule has 0 heterocycles. The van der Waals surface area contributed by atoms with E-state index in [1.165, 1.54) is 0 Å². The lowest BCUT2D eigenvalue weighted by molar-refractivity contribution is -0.142. The van der Waals surface area contributed by atoms with Crippen LogP contribution in [0.3, 0.4) is 0 Å². The van der Waals surface area contributed by atoms with E-state index in [-0.39, 0.29) is 0 Å². The fourth-order valence-corrected chi connectivity index (χ4v) is 1.27. The second kappa shape index (κ2) is 13.5. The maximum Gasteiger partial charge on any atom is 0.189 e. The van der Waals surface area contributed by atoms with E-state index in [1.807, 2.05) is 0 Å². The van der Waals surface area contributed by atoms with Crippen molar-refractivity contribution < 1.29 is 61.0 Å². The Morgan fingerprint density at radius 3 is 1.12 bits per heavy atom. The fourth-order valence-electron chi connectivity index (χ4n) is 1.27. The fraction of sp³-hybridized carbons (Fsp3) is 0.917. The van der Waals surface area contributed by atoms with Crippen molar-refractivity contribution >= 4 is 5.78 Å². The summed E-state index contributed by atoms with van der Waals surface area (Å²) in [4.78, 5) is 10.5. The highest BCUT2D eigenvalue weighted by molar-refractivity contribution is 5.84. The number of Topliss-reactive ketones (excluding diaryl/α,β-unsaturated/α-hetero) is 1. The van der Waals surface area contributed by atoms with Crippen LogP contribution < -0.4 is 0 Å². The van der Waals surface area contributed by atoms with Gasteiger partial charge in [-0.25, -0.2) is 0 Å². The van der Waals surface area contributed by atoms with Gasteiger partial charge in [-0.05, 0) is 0 Å². The Morgan fingerprint density at radius 2 is 0.875 bits per heavy atom. The molecule has 0 aromatic heterocycles. The molecule has 0 aromatic carbocycles. The first-order chi connectivity index (χ1) is 11.1. The number of aliphatic hydroxyl groups excluding tert-OH is 11. The lowest BCUT2D eigenvalue weighted by Gasteiger charge is -2.24. The van der Waals surface area contributed by atoms with Crippen molar-refractivity contribution in [3.8, 4) is 0 Å². The normalized spacial score (nSPS) is 20.0. The second-order valence-corrected chi connectivity index (χ2v) is 4.79. The summed E-state index contributed by atoms with van der Waals surface area (Å²) in [5.74, 6) is -1.00. The van der Waals surface area contributed by atoms with Crippen LogP contribution in [0, 0.1) is 0 Å². The maximum absolute atomic E-state index is 10.5. The lowest BCUT2D eigenvalue weighted by Crippen LogP contribution is -2.46. The summed E-state index contributed by atoms with van der Waals surface area (Å²) >= 11 is 0. The highest BCUT2D eigenvalue weighted by atomic mass is 16.4. The average Bonchev–Trinajstić information content (AvgIpc) is 2.62. The third-order valence-electron chi connectivity index (χ3n) is 2.90. The standard InChI is InChI=1S/C6H14O6.C6H12O6/c2*7-1-3(9)5(11)6(12)4(10)2-8/h3-12H,1-2H2;3,5-9,11-12H,1-2H2/t;3-,5+,6+/m.1/s1. The third kappa shape index (κ3) is 8.91. The van der Waals surface area contributed by atoms with Crippen molar-refractivity contribution in [3.63, 3.8) is 0 Å². The molecule has 0 amide bonds. The van der Waals surface area contributed by atoms with Gasteiger partial charge in [0.2, 0.25) is 0 Å². The minimum Gasteiger partial charge on any atom is -0.394 e. The molecule has 0 bridgehead atoms. The van der Waals surface area contributed by atoms with Gasteiger partial charge in [-0.3, -0.25) is 4.79 Å². The molecule has 4 unspecified atom stereocenters. The van der Waals surface area contributed by atoms with E-state index in [9.17, 15) is 4.79 Å². The largest absolute Gasteiger partial charge is 0.394 e. The predicted octanol–water partition coefficient (Wildman–Crippen LogP) is -6.96. The molecule has 12 heteroatoms. The molecule has 24 heavy (non-hydrogen) atoms. The van der Waals surface area contributed by atoms with Crippen LogP contribution in [-0.4, -0.2) is 131 Å². The number of rotatable bonds is 10. The molecule has 146 valence electrons. The summed E-state index contributed by atoms with van der Waals surface area (Å²) < 4.78 is 0. The minimum atomic E-state index is -1.86. The van der Waals surface area contributed by atoms with E-state index in [2.05, 4.69) is 0 Å². The number of aliphatic hydroxyl groups is 11. The highest BCUT2D eigenvalue weighted by Crippen LogP contribution is 2.04. The molecular formula is C12H26O12. The summed E-state index contributed by atoms with van der Waals surface area (Å²) in [6, 6.07) is 0. The van der Waals surface area contributed by atoms with Crippen molar-refractivity contribution in [2.24, 2.45) is 0 Å². The van der Waals surface area contributed by atoms with Crippen LogP contribution in [0.5, 0.6) is 0 Å². The number of carbonyl (C=O) groups excluding carboxylic acids is 1. The molecule has 0 aromatic rings. The SMILES string of the molecule is O=C(CO)[C@H](O)[C@@H](O)[C@H](O)CO.OCC(O)C(O)C(O)C(O)CO. The number of hydrogen-bond donors (Lipinski definition) is 11. The molecule has 12 nitrogen and oxygen atoms in total. The van der Waals surface area contributed by atoms with Gasteiger partial charge in [-0.1, -0.05) is 0 Å². The molecular weight excluding hydrogens is 336 g/mol. The van der Waals surface area contributed by atoms with Gasteiger partial charge in [0.25, 0.3) is 0 Å². The van der Waals surface area contributed by atoms with Gasteiger partial charge in [0.15, 0.2) is 5.78 Å². The summed E-state index contributed by atoms with van der Waals surface area (Å²) in [7, 11) is 0. The Bertz CT molecular complexity index is 313. The summed E-state index contributed by atoms with van der Waals surface area (Å²) in [6.45, 7) is -3.14. The van der Waals surface area contributed by atoms with Gasteiger partial charge in [0.1, 0.15) is 49.3 Å². The predicted molar refractivity (Wildman–Crippen MR) is 75.4 cm³/mol. The summed E-state index contributed by atoms with van der Waals surface area (Å²) in [6.07, 6.45) is -11.6. The number of hydrogen-bond acceptors (Lipinski definition) is 12. The lowest BCUT2D eigenvalue weighted by atomic mass is 10.0. The zero-order valence-corrected chi connectivity index (χ0v) is 12.7. The molecule has 0 saturated heterocycles. The molecule has 0 spiro atoms. The monoisotopic (exact) mass is 362 g/mol. The Morgan fingerprint density at radius 1 is 0.583 bits per heavy atom. The first-order valence-corrected chi connectivity index (χ1v) is 6.81. The Hall–Kier alpha value is -0.770. The molecule has 0 rings (SSSR count). The second-order valence-electron chi connectivity index (χ2n) is 4.79. The van der Waals surface area contributed by atoms with Gasteiger partial charge in [-0.2, -0.15) is 0 Å². The minimum absolute atomic E-state index is 0.726. The van der Waals surface area contributed by atoms with Crippen molar-refractivity contribution in [2.45, 2.75) is 42.7 Å². The van der Waals surface area contributed by atoms with E-state index in [4.69, 9.17) is 56.2 Å². The topological polar surface area (TPSA) is 240 Å². The van der Waals surface area contributed by atoms with Crippen LogP contribution in [-0.2, 0) is 4.79 Å². The molecule has 0 radical (unpaired) electrons. The molecule has 7 atom stereocenters. The van der Waals surface area contributed by atoms with Crippen LogP contribution in [0.2, 0.25) is 0 Å². The van der Waals surface area contributed by atoms with Crippen LogP contribution in [0.1, 0.15) is 0 Å². The quantitative estimate of drug-likeness (QED) is 0.174. The summed E-state index contributed by atoms with van der Waals surface area (Å²) in [5.41, 5.74) is 0.